The van der Waals surface area contributed by atoms with E-state index in [1.807, 2.05) is 21.1 Å². The number of likely N-dealkylation sites (N-methyl/N-ethyl adjacent to an activating group) is 1. The quantitative estimate of drug-likeness (QED) is 0.0281. The number of carbonyl (C=O) groups is 3. The average Bonchev–Trinajstić information content (AvgIpc) is 3.24. The average molecular weight is 883 g/mol. The molecule has 362 valence electrons. The predicted octanol–water partition coefficient (Wildman–Crippen LogP) is 14.7. The molecule has 0 aliphatic carbocycles. The van der Waals surface area contributed by atoms with Crippen molar-refractivity contribution in [2.45, 2.75) is 219 Å². The fourth-order valence-electron chi connectivity index (χ4n) is 7.17. The van der Waals surface area contributed by atoms with E-state index in [-0.39, 0.29) is 36.2 Å². The van der Waals surface area contributed by atoms with Gasteiger partial charge in [-0.3, -0.25) is 9.59 Å². The van der Waals surface area contributed by atoms with Crippen molar-refractivity contribution in [2.75, 3.05) is 41.0 Å². The summed E-state index contributed by atoms with van der Waals surface area (Å²) in [7, 11) is 5.53. The van der Waals surface area contributed by atoms with E-state index in [4.69, 9.17) is 14.2 Å². The molecule has 0 aromatic heterocycles. The molecule has 0 bridgehead atoms. The summed E-state index contributed by atoms with van der Waals surface area (Å²) in [6, 6.07) is -0.621. The minimum absolute atomic E-state index is 0.0519. The van der Waals surface area contributed by atoms with E-state index in [1.54, 1.807) is 0 Å². The lowest BCUT2D eigenvalue weighted by molar-refractivity contribution is -0.887. The zero-order valence-electron chi connectivity index (χ0n) is 41.3. The Morgan fingerprint density at radius 1 is 0.492 bits per heavy atom. The first-order valence-corrected chi connectivity index (χ1v) is 25.5. The van der Waals surface area contributed by atoms with Crippen LogP contribution < -0.4 is 0 Å². The van der Waals surface area contributed by atoms with Crippen LogP contribution in [0.3, 0.4) is 0 Å². The van der Waals surface area contributed by atoms with Crippen LogP contribution in [0.2, 0.25) is 0 Å². The summed E-state index contributed by atoms with van der Waals surface area (Å²) in [5.74, 6) is -1.49. The predicted molar refractivity (Wildman–Crippen MR) is 266 cm³/mol. The first-order valence-electron chi connectivity index (χ1n) is 25.5. The van der Waals surface area contributed by atoms with Crippen molar-refractivity contribution < 1.29 is 38.2 Å². The number of unbranched alkanes of at least 4 members (excludes halogenated alkanes) is 19. The van der Waals surface area contributed by atoms with E-state index in [1.165, 1.54) is 89.9 Å². The van der Waals surface area contributed by atoms with E-state index >= 15 is 0 Å². The minimum Gasteiger partial charge on any atom is -0.477 e. The topological polar surface area (TPSA) is 99.1 Å². The van der Waals surface area contributed by atoms with Gasteiger partial charge in [0.1, 0.15) is 6.61 Å². The number of esters is 2. The van der Waals surface area contributed by atoms with Gasteiger partial charge in [-0.25, -0.2) is 4.79 Å². The Morgan fingerprint density at radius 2 is 0.889 bits per heavy atom. The van der Waals surface area contributed by atoms with Crippen LogP contribution in [0.15, 0.2) is 72.9 Å². The van der Waals surface area contributed by atoms with E-state index in [2.05, 4.69) is 86.8 Å². The zero-order chi connectivity index (χ0) is 46.3. The van der Waals surface area contributed by atoms with Crippen LogP contribution in [0.1, 0.15) is 206 Å². The van der Waals surface area contributed by atoms with Crippen molar-refractivity contribution in [3.05, 3.63) is 72.9 Å². The minimum atomic E-state index is -0.879. The SMILES string of the molecule is CC/C=C/C/C=C/C/C=C/C/C=C/C/C=C/CCCCCCCCC(=O)OCC(COCCC(C(=O)O)[N+](C)(C)C)OC(=O)CCCCCCCCC/C=C/CCCCCCCC. The van der Waals surface area contributed by atoms with Crippen LogP contribution >= 0.6 is 0 Å². The van der Waals surface area contributed by atoms with Gasteiger partial charge in [-0.05, 0) is 83.5 Å². The molecule has 2 unspecified atom stereocenters. The number of ether oxygens (including phenoxy) is 3. The summed E-state index contributed by atoms with van der Waals surface area (Å²) in [6.07, 6.45) is 58.0. The molecule has 1 N–H and O–H groups in total. The number of nitrogens with zero attached hydrogens (tertiary/aromatic N) is 1. The summed E-state index contributed by atoms with van der Waals surface area (Å²) in [5, 5.41) is 9.65. The molecule has 8 nitrogen and oxygen atoms in total. The van der Waals surface area contributed by atoms with Gasteiger partial charge in [-0.1, -0.05) is 177 Å². The number of carbonyl (C=O) groups excluding carboxylic acids is 2. The Kier molecular flexibility index (Phi) is 43.0. The third-order valence-electron chi connectivity index (χ3n) is 11.1. The largest absolute Gasteiger partial charge is 0.477 e. The Balaban J connectivity index is 4.29. The van der Waals surface area contributed by atoms with Crippen molar-refractivity contribution >= 4 is 17.9 Å². The van der Waals surface area contributed by atoms with Gasteiger partial charge in [-0.2, -0.15) is 0 Å². The normalized spacial score (nSPS) is 13.5. The molecule has 0 amide bonds. The van der Waals surface area contributed by atoms with Crippen molar-refractivity contribution in [1.82, 2.24) is 0 Å². The molecule has 63 heavy (non-hydrogen) atoms. The molecule has 0 radical (unpaired) electrons. The molecule has 0 spiro atoms. The summed E-state index contributed by atoms with van der Waals surface area (Å²) in [4.78, 5) is 37.2. The maximum Gasteiger partial charge on any atom is 0.362 e. The molecule has 0 aliphatic heterocycles. The van der Waals surface area contributed by atoms with Gasteiger partial charge in [0.05, 0.1) is 34.4 Å². The van der Waals surface area contributed by atoms with E-state index < -0.39 is 18.1 Å². The van der Waals surface area contributed by atoms with Gasteiger partial charge in [0, 0.05) is 19.3 Å². The standard InChI is InChI=1S/C55H95NO7/c1-6-8-10-12-14-16-18-20-22-24-25-26-27-28-30-31-33-35-37-39-41-43-45-53(57)62-50-51(49-61-48-47-52(55(59)60)56(3,4)5)63-54(58)46-44-42-40-38-36-34-32-29-23-21-19-17-15-13-11-9-7-2/h8,10,14,16,20-23,25-26,28,30,51-52H,6-7,9,11-13,15,17-19,24,27,29,31-50H2,1-5H3/p+1/b10-8+,16-14+,22-20+,23-21+,26-25+,30-28+. The molecule has 0 heterocycles. The highest BCUT2D eigenvalue weighted by Crippen LogP contribution is 2.14. The fraction of sp³-hybridized carbons (Fsp3) is 0.727. The lowest BCUT2D eigenvalue weighted by Crippen LogP contribution is -2.50. The van der Waals surface area contributed by atoms with Crippen molar-refractivity contribution in [3.8, 4) is 0 Å². The number of rotatable bonds is 45. The fourth-order valence-corrected chi connectivity index (χ4v) is 7.17. The summed E-state index contributed by atoms with van der Waals surface area (Å²) >= 11 is 0. The molecule has 8 heteroatoms. The highest BCUT2D eigenvalue weighted by atomic mass is 16.6. The number of hydrogen-bond donors (Lipinski definition) is 1. The van der Waals surface area contributed by atoms with Crippen LogP contribution in [0, 0.1) is 0 Å². The number of carboxylic acids is 1. The van der Waals surface area contributed by atoms with Crippen LogP contribution in [-0.2, 0) is 28.6 Å². The molecule has 0 fully saturated rings. The zero-order valence-corrected chi connectivity index (χ0v) is 41.3. The molecule has 0 aromatic rings. The third kappa shape index (κ3) is 43.8. The van der Waals surface area contributed by atoms with Gasteiger partial charge in [0.25, 0.3) is 0 Å². The second kappa shape index (κ2) is 45.3. The van der Waals surface area contributed by atoms with Gasteiger partial charge >= 0.3 is 17.9 Å². The lowest BCUT2D eigenvalue weighted by atomic mass is 10.1. The van der Waals surface area contributed by atoms with Crippen LogP contribution in [0.4, 0.5) is 0 Å². The molecular weight excluding hydrogens is 787 g/mol. The van der Waals surface area contributed by atoms with E-state index in [0.29, 0.717) is 19.3 Å². The van der Waals surface area contributed by atoms with Crippen molar-refractivity contribution in [3.63, 3.8) is 0 Å². The molecule has 2 atom stereocenters. The summed E-state index contributed by atoms with van der Waals surface area (Å²) in [6.45, 7) is 4.61. The van der Waals surface area contributed by atoms with Crippen molar-refractivity contribution in [2.24, 2.45) is 0 Å². The first kappa shape index (κ1) is 59.8. The maximum absolute atomic E-state index is 12.8. The number of carboxylic acid groups (broad SMARTS) is 1. The monoisotopic (exact) mass is 883 g/mol. The number of hydrogen-bond acceptors (Lipinski definition) is 6. The van der Waals surface area contributed by atoms with Crippen LogP contribution in [0.25, 0.3) is 0 Å². The van der Waals surface area contributed by atoms with Crippen molar-refractivity contribution in [1.29, 1.82) is 0 Å². The van der Waals surface area contributed by atoms with Crippen LogP contribution in [0.5, 0.6) is 0 Å². The maximum atomic E-state index is 12.8. The van der Waals surface area contributed by atoms with Crippen LogP contribution in [-0.4, -0.2) is 80.6 Å². The Hall–Kier alpha value is -3.23. The molecule has 0 aromatic carbocycles. The lowest BCUT2D eigenvalue weighted by Gasteiger charge is -2.31. The Labute approximate surface area is 387 Å². The Morgan fingerprint density at radius 3 is 1.33 bits per heavy atom. The van der Waals surface area contributed by atoms with E-state index in [0.717, 1.165) is 83.5 Å². The molecule has 0 rings (SSSR count). The molecule has 0 saturated heterocycles. The molecule has 0 saturated carbocycles. The molecular formula is C55H96NO7+. The van der Waals surface area contributed by atoms with Gasteiger partial charge in [-0.15, -0.1) is 0 Å². The number of allylic oxidation sites excluding steroid dienone is 12. The third-order valence-corrected chi connectivity index (χ3v) is 11.1. The summed E-state index contributed by atoms with van der Waals surface area (Å²) < 4.78 is 17.3. The molecule has 0 aliphatic rings. The number of quaternary nitrogens is 1. The Bertz CT molecular complexity index is 1260. The van der Waals surface area contributed by atoms with Gasteiger partial charge in [0.2, 0.25) is 0 Å². The van der Waals surface area contributed by atoms with E-state index in [9.17, 15) is 19.5 Å². The van der Waals surface area contributed by atoms with Gasteiger partial charge in [0.15, 0.2) is 12.1 Å². The second-order valence-electron chi connectivity index (χ2n) is 18.0. The highest BCUT2D eigenvalue weighted by Gasteiger charge is 2.31. The first-order chi connectivity index (χ1) is 30.6. The number of aliphatic carboxylic acids is 1. The second-order valence-corrected chi connectivity index (χ2v) is 18.0. The highest BCUT2D eigenvalue weighted by molar-refractivity contribution is 5.72. The van der Waals surface area contributed by atoms with Gasteiger partial charge < -0.3 is 23.8 Å². The summed E-state index contributed by atoms with van der Waals surface area (Å²) in [5.41, 5.74) is 0. The smallest absolute Gasteiger partial charge is 0.362 e.